The fourth-order valence-electron chi connectivity index (χ4n) is 3.76. The fraction of sp³-hybridized carbons (Fsp3) is 0.167. The second-order valence-electron chi connectivity index (χ2n) is 7.89. The second-order valence-corrected chi connectivity index (χ2v) is 7.89. The van der Waals surface area contributed by atoms with Crippen LogP contribution in [0, 0.1) is 0 Å². The molecule has 8 nitrogen and oxygen atoms in total. The first-order chi connectivity index (χ1) is 15.5. The molecule has 0 radical (unpaired) electrons. The molecule has 0 bridgehead atoms. The smallest absolute Gasteiger partial charge is 0.410 e. The highest BCUT2D eigenvalue weighted by Gasteiger charge is 2.24. The quantitative estimate of drug-likeness (QED) is 0.483. The molecule has 4 aromatic rings. The highest BCUT2D eigenvalue weighted by molar-refractivity contribution is 6.05. The summed E-state index contributed by atoms with van der Waals surface area (Å²) in [5.74, 6) is 0.744. The standard InChI is InChI=1S/C24H21N5O3/c1-28(19-4-2-3-16(11-19)15-5-6-15)23(30)18-8-10-22-26-13-20(29(22)14-18)17-7-9-21(25-12-17)27-24(31)32/h2-4,7-15H,5-6H2,1H3,(H,25,27)(H,31,32). The number of aromatic nitrogens is 3. The molecule has 0 spiro atoms. The zero-order valence-corrected chi connectivity index (χ0v) is 17.4. The molecule has 2 N–H and O–H groups in total. The summed E-state index contributed by atoms with van der Waals surface area (Å²) in [5.41, 5.74) is 4.89. The first kappa shape index (κ1) is 19.7. The van der Waals surface area contributed by atoms with Crippen molar-refractivity contribution in [2.75, 3.05) is 17.3 Å². The van der Waals surface area contributed by atoms with Crippen LogP contribution in [0.15, 0.2) is 67.1 Å². The van der Waals surface area contributed by atoms with Gasteiger partial charge in [0.05, 0.1) is 17.5 Å². The maximum atomic E-state index is 13.2. The van der Waals surface area contributed by atoms with Gasteiger partial charge in [0.1, 0.15) is 11.5 Å². The highest BCUT2D eigenvalue weighted by atomic mass is 16.4. The number of benzene rings is 1. The number of carboxylic acid groups (broad SMARTS) is 1. The van der Waals surface area contributed by atoms with E-state index in [-0.39, 0.29) is 11.7 Å². The van der Waals surface area contributed by atoms with Crippen LogP contribution >= 0.6 is 0 Å². The van der Waals surface area contributed by atoms with Crippen LogP contribution in [0.2, 0.25) is 0 Å². The van der Waals surface area contributed by atoms with Gasteiger partial charge < -0.3 is 10.0 Å². The number of carbonyl (C=O) groups excluding carboxylic acids is 1. The van der Waals surface area contributed by atoms with Gasteiger partial charge in [-0.25, -0.2) is 14.8 Å². The lowest BCUT2D eigenvalue weighted by Crippen LogP contribution is -2.26. The predicted molar refractivity (Wildman–Crippen MR) is 121 cm³/mol. The SMILES string of the molecule is CN(C(=O)c1ccc2ncc(-c3ccc(NC(=O)O)nc3)n2c1)c1cccc(C2CC2)c1. The normalized spacial score (nSPS) is 13.2. The summed E-state index contributed by atoms with van der Waals surface area (Å²) >= 11 is 0. The van der Waals surface area contributed by atoms with Gasteiger partial charge in [-0.3, -0.25) is 14.5 Å². The molecule has 0 unspecified atom stereocenters. The summed E-state index contributed by atoms with van der Waals surface area (Å²) in [6, 6.07) is 15.1. The third-order valence-electron chi connectivity index (χ3n) is 5.66. The van der Waals surface area contributed by atoms with E-state index < -0.39 is 6.09 Å². The zero-order chi connectivity index (χ0) is 22.2. The van der Waals surface area contributed by atoms with Gasteiger partial charge in [-0.05, 0) is 60.7 Å². The summed E-state index contributed by atoms with van der Waals surface area (Å²) in [5, 5.41) is 11.0. The molecule has 32 heavy (non-hydrogen) atoms. The minimum absolute atomic E-state index is 0.112. The van der Waals surface area contributed by atoms with Crippen molar-refractivity contribution in [3.63, 3.8) is 0 Å². The molecular weight excluding hydrogens is 406 g/mol. The number of fused-ring (bicyclic) bond motifs is 1. The van der Waals surface area contributed by atoms with Gasteiger partial charge >= 0.3 is 6.09 Å². The maximum Gasteiger partial charge on any atom is 0.410 e. The Hall–Kier alpha value is -4.20. The Labute approximate surface area is 184 Å². The van der Waals surface area contributed by atoms with Crippen molar-refractivity contribution in [2.45, 2.75) is 18.8 Å². The first-order valence-electron chi connectivity index (χ1n) is 10.3. The van der Waals surface area contributed by atoms with E-state index in [1.807, 2.05) is 16.5 Å². The lowest BCUT2D eigenvalue weighted by molar-refractivity contribution is 0.0992. The van der Waals surface area contributed by atoms with Crippen LogP contribution in [0.4, 0.5) is 16.3 Å². The number of rotatable bonds is 5. The van der Waals surface area contributed by atoms with E-state index in [0.717, 1.165) is 16.9 Å². The Morgan fingerprint density at radius 1 is 1.09 bits per heavy atom. The van der Waals surface area contributed by atoms with Gasteiger partial charge in [-0.2, -0.15) is 0 Å². The average Bonchev–Trinajstić information content (AvgIpc) is 3.58. The van der Waals surface area contributed by atoms with Crippen LogP contribution in [0.25, 0.3) is 16.9 Å². The van der Waals surface area contributed by atoms with Gasteiger partial charge in [0, 0.05) is 30.7 Å². The molecule has 1 saturated carbocycles. The number of hydrogen-bond acceptors (Lipinski definition) is 4. The Balaban J connectivity index is 1.44. The van der Waals surface area contributed by atoms with Gasteiger partial charge in [0.25, 0.3) is 5.91 Å². The second kappa shape index (κ2) is 7.81. The third kappa shape index (κ3) is 3.78. The van der Waals surface area contributed by atoms with Crippen molar-refractivity contribution in [1.29, 1.82) is 0 Å². The molecule has 1 aromatic carbocycles. The number of nitrogens with zero attached hydrogens (tertiary/aromatic N) is 4. The number of nitrogens with one attached hydrogen (secondary N) is 1. The van der Waals surface area contributed by atoms with Crippen LogP contribution in [-0.2, 0) is 0 Å². The largest absolute Gasteiger partial charge is 0.465 e. The Bertz CT molecular complexity index is 1330. The van der Waals surface area contributed by atoms with E-state index in [0.29, 0.717) is 17.1 Å². The van der Waals surface area contributed by atoms with Crippen LogP contribution in [-0.4, -0.2) is 38.5 Å². The molecule has 3 heterocycles. The molecule has 0 atom stereocenters. The van der Waals surface area contributed by atoms with Crippen molar-refractivity contribution in [3.8, 4) is 11.3 Å². The molecule has 1 aliphatic carbocycles. The van der Waals surface area contributed by atoms with Crippen molar-refractivity contribution < 1.29 is 14.7 Å². The maximum absolute atomic E-state index is 13.2. The van der Waals surface area contributed by atoms with E-state index >= 15 is 0 Å². The zero-order valence-electron chi connectivity index (χ0n) is 17.4. The first-order valence-corrected chi connectivity index (χ1v) is 10.3. The molecule has 0 saturated heterocycles. The fourth-order valence-corrected chi connectivity index (χ4v) is 3.76. The third-order valence-corrected chi connectivity index (χ3v) is 5.66. The molecule has 160 valence electrons. The van der Waals surface area contributed by atoms with E-state index in [4.69, 9.17) is 5.11 Å². The Kier molecular flexibility index (Phi) is 4.82. The number of anilines is 2. The summed E-state index contributed by atoms with van der Waals surface area (Å²) in [4.78, 5) is 34.2. The van der Waals surface area contributed by atoms with E-state index in [1.54, 1.807) is 54.8 Å². The summed E-state index contributed by atoms with van der Waals surface area (Å²) < 4.78 is 1.84. The average molecular weight is 427 g/mol. The van der Waals surface area contributed by atoms with Gasteiger partial charge in [0.2, 0.25) is 0 Å². The molecular formula is C24H21N5O3. The number of carbonyl (C=O) groups is 2. The van der Waals surface area contributed by atoms with Crippen molar-refractivity contribution >= 4 is 29.2 Å². The lowest BCUT2D eigenvalue weighted by Gasteiger charge is -2.18. The molecule has 1 fully saturated rings. The summed E-state index contributed by atoms with van der Waals surface area (Å²) in [6.07, 6.45) is 6.29. The minimum atomic E-state index is -1.17. The number of imidazole rings is 1. The number of hydrogen-bond donors (Lipinski definition) is 2. The monoisotopic (exact) mass is 427 g/mol. The Morgan fingerprint density at radius 2 is 1.94 bits per heavy atom. The van der Waals surface area contributed by atoms with Crippen LogP contribution < -0.4 is 10.2 Å². The topological polar surface area (TPSA) is 99.8 Å². The minimum Gasteiger partial charge on any atom is -0.465 e. The molecule has 8 heteroatoms. The van der Waals surface area contributed by atoms with Crippen molar-refractivity contribution in [3.05, 3.63) is 78.2 Å². The van der Waals surface area contributed by atoms with E-state index in [2.05, 4.69) is 27.4 Å². The number of amides is 2. The lowest BCUT2D eigenvalue weighted by atomic mass is 10.1. The highest BCUT2D eigenvalue weighted by Crippen LogP contribution is 2.41. The predicted octanol–water partition coefficient (Wildman–Crippen LogP) is 4.64. The Morgan fingerprint density at radius 3 is 2.66 bits per heavy atom. The van der Waals surface area contributed by atoms with E-state index in [1.165, 1.54) is 18.4 Å². The van der Waals surface area contributed by atoms with Crippen LogP contribution in [0.5, 0.6) is 0 Å². The molecule has 3 aromatic heterocycles. The van der Waals surface area contributed by atoms with Crippen molar-refractivity contribution in [1.82, 2.24) is 14.4 Å². The number of pyridine rings is 2. The molecule has 5 rings (SSSR count). The van der Waals surface area contributed by atoms with Crippen molar-refractivity contribution in [2.24, 2.45) is 0 Å². The van der Waals surface area contributed by atoms with Crippen LogP contribution in [0.3, 0.4) is 0 Å². The summed E-state index contributed by atoms with van der Waals surface area (Å²) in [7, 11) is 1.78. The van der Waals surface area contributed by atoms with Gasteiger partial charge in [0.15, 0.2) is 0 Å². The van der Waals surface area contributed by atoms with E-state index in [9.17, 15) is 9.59 Å². The van der Waals surface area contributed by atoms with Crippen LogP contribution in [0.1, 0.15) is 34.7 Å². The molecule has 2 amide bonds. The summed E-state index contributed by atoms with van der Waals surface area (Å²) in [6.45, 7) is 0. The molecule has 0 aliphatic heterocycles. The molecule has 1 aliphatic rings. The van der Waals surface area contributed by atoms with Gasteiger partial charge in [-0.15, -0.1) is 0 Å². The van der Waals surface area contributed by atoms with Gasteiger partial charge in [-0.1, -0.05) is 12.1 Å².